The van der Waals surface area contributed by atoms with Crippen LogP contribution in [0.3, 0.4) is 0 Å². The molecule has 0 atom stereocenters. The molecule has 0 unspecified atom stereocenters. The van der Waals surface area contributed by atoms with E-state index in [1.807, 2.05) is 31.2 Å². The molecular weight excluding hydrogens is 385 g/mol. The molecule has 0 aliphatic heterocycles. The zero-order valence-corrected chi connectivity index (χ0v) is 16.6. The average Bonchev–Trinajstić information content (AvgIpc) is 3.16. The smallest absolute Gasteiger partial charge is 0.161 e. The van der Waals surface area contributed by atoms with Crippen LogP contribution in [0.1, 0.15) is 22.9 Å². The molecule has 27 heavy (non-hydrogen) atoms. The molecule has 0 spiro atoms. The number of ether oxygens (including phenoxy) is 2. The molecule has 142 valence electrons. The second-order valence-corrected chi connectivity index (χ2v) is 7.33. The van der Waals surface area contributed by atoms with Crippen molar-refractivity contribution in [3.8, 4) is 11.5 Å². The number of hydrogen-bond acceptors (Lipinski definition) is 4. The van der Waals surface area contributed by atoms with Gasteiger partial charge in [-0.1, -0.05) is 29.8 Å². The lowest BCUT2D eigenvalue weighted by Crippen LogP contribution is -2.12. The lowest BCUT2D eigenvalue weighted by Gasteiger charge is -2.14. The third kappa shape index (κ3) is 5.45. The summed E-state index contributed by atoms with van der Waals surface area (Å²) in [5.41, 5.74) is 1.43. The van der Waals surface area contributed by atoms with Gasteiger partial charge in [-0.3, -0.25) is 0 Å². The van der Waals surface area contributed by atoms with Crippen LogP contribution in [0.5, 0.6) is 11.5 Å². The highest BCUT2D eigenvalue weighted by Gasteiger charge is 2.11. The van der Waals surface area contributed by atoms with Crippen molar-refractivity contribution in [3.05, 3.63) is 80.8 Å². The van der Waals surface area contributed by atoms with Crippen molar-refractivity contribution in [3.63, 3.8) is 0 Å². The van der Waals surface area contributed by atoms with Gasteiger partial charge in [-0.2, -0.15) is 0 Å². The van der Waals surface area contributed by atoms with E-state index in [1.54, 1.807) is 23.5 Å². The van der Waals surface area contributed by atoms with Gasteiger partial charge in [0, 0.05) is 23.5 Å². The van der Waals surface area contributed by atoms with Crippen LogP contribution < -0.4 is 14.8 Å². The van der Waals surface area contributed by atoms with Crippen LogP contribution in [0.25, 0.3) is 0 Å². The number of thiophene rings is 1. The van der Waals surface area contributed by atoms with E-state index in [0.717, 1.165) is 18.7 Å². The van der Waals surface area contributed by atoms with Crippen molar-refractivity contribution >= 4 is 22.9 Å². The monoisotopic (exact) mass is 405 g/mol. The summed E-state index contributed by atoms with van der Waals surface area (Å²) < 4.78 is 25.4. The Hall–Kier alpha value is -2.08. The molecule has 3 aromatic rings. The van der Waals surface area contributed by atoms with Crippen molar-refractivity contribution in [2.45, 2.75) is 26.6 Å². The minimum Gasteiger partial charge on any atom is -0.490 e. The van der Waals surface area contributed by atoms with Crippen molar-refractivity contribution in [2.24, 2.45) is 0 Å². The van der Waals surface area contributed by atoms with E-state index in [0.29, 0.717) is 28.7 Å². The zero-order chi connectivity index (χ0) is 19.1. The minimum absolute atomic E-state index is 0.0432. The maximum Gasteiger partial charge on any atom is 0.161 e. The van der Waals surface area contributed by atoms with Gasteiger partial charge in [-0.15, -0.1) is 11.3 Å². The van der Waals surface area contributed by atoms with E-state index in [4.69, 9.17) is 21.1 Å². The number of benzene rings is 2. The fourth-order valence-corrected chi connectivity index (χ4v) is 3.51. The van der Waals surface area contributed by atoms with Crippen LogP contribution in [-0.4, -0.2) is 6.61 Å². The summed E-state index contributed by atoms with van der Waals surface area (Å²) in [6.45, 7) is 4.02. The summed E-state index contributed by atoms with van der Waals surface area (Å²) in [5, 5.41) is 5.83. The fraction of sp³-hybridized carbons (Fsp3) is 0.238. The molecule has 3 nitrogen and oxygen atoms in total. The highest BCUT2D eigenvalue weighted by molar-refractivity contribution is 7.09. The summed E-state index contributed by atoms with van der Waals surface area (Å²) in [6, 6.07) is 14.5. The quantitative estimate of drug-likeness (QED) is 0.487. The molecule has 0 fully saturated rings. The Morgan fingerprint density at radius 2 is 1.93 bits per heavy atom. The molecule has 0 amide bonds. The maximum absolute atomic E-state index is 13.9. The topological polar surface area (TPSA) is 30.5 Å². The summed E-state index contributed by atoms with van der Waals surface area (Å²) >= 11 is 7.79. The molecule has 0 aliphatic carbocycles. The largest absolute Gasteiger partial charge is 0.490 e. The number of nitrogens with one attached hydrogen (secondary N) is 1. The first-order chi connectivity index (χ1) is 13.2. The predicted octanol–water partition coefficient (Wildman–Crippen LogP) is 5.81. The standard InChI is InChI=1S/C21H21ClFNO2S/c1-2-25-21-11-15(12-24-13-16-5-4-10-27-16)8-9-20(21)26-14-17-18(22)6-3-7-19(17)23/h3-11,24H,2,12-14H2,1H3. The van der Waals surface area contributed by atoms with Crippen LogP contribution in [0, 0.1) is 5.82 Å². The van der Waals surface area contributed by atoms with Crippen molar-refractivity contribution in [2.75, 3.05) is 6.61 Å². The Morgan fingerprint density at radius 3 is 2.67 bits per heavy atom. The van der Waals surface area contributed by atoms with Crippen LogP contribution >= 0.6 is 22.9 Å². The lowest BCUT2D eigenvalue weighted by molar-refractivity contribution is 0.265. The van der Waals surface area contributed by atoms with Gasteiger partial charge < -0.3 is 14.8 Å². The minimum atomic E-state index is -0.380. The molecule has 1 heterocycles. The normalized spacial score (nSPS) is 10.8. The van der Waals surface area contributed by atoms with Gasteiger partial charge in [0.25, 0.3) is 0 Å². The van der Waals surface area contributed by atoms with E-state index >= 15 is 0 Å². The zero-order valence-electron chi connectivity index (χ0n) is 15.0. The van der Waals surface area contributed by atoms with Crippen LogP contribution in [-0.2, 0) is 19.7 Å². The van der Waals surface area contributed by atoms with Gasteiger partial charge in [0.05, 0.1) is 11.6 Å². The van der Waals surface area contributed by atoms with Crippen LogP contribution in [0.2, 0.25) is 5.02 Å². The SMILES string of the molecule is CCOc1cc(CNCc2cccs2)ccc1OCc1c(F)cccc1Cl. The molecule has 1 N–H and O–H groups in total. The molecule has 2 aromatic carbocycles. The first kappa shape index (κ1) is 19.7. The van der Waals surface area contributed by atoms with E-state index in [2.05, 4.69) is 16.8 Å². The average molecular weight is 406 g/mol. The highest BCUT2D eigenvalue weighted by Crippen LogP contribution is 2.30. The van der Waals surface area contributed by atoms with Gasteiger partial charge in [0.15, 0.2) is 11.5 Å². The molecule has 1 aromatic heterocycles. The summed E-state index contributed by atoms with van der Waals surface area (Å²) in [7, 11) is 0. The van der Waals surface area contributed by atoms with E-state index < -0.39 is 0 Å². The van der Waals surface area contributed by atoms with Crippen LogP contribution in [0.4, 0.5) is 4.39 Å². The lowest BCUT2D eigenvalue weighted by atomic mass is 10.2. The third-order valence-electron chi connectivity index (χ3n) is 3.95. The number of halogens is 2. The Kier molecular flexibility index (Phi) is 7.10. The molecule has 0 radical (unpaired) electrons. The molecule has 0 saturated heterocycles. The Labute approximate surface area is 167 Å². The van der Waals surface area contributed by atoms with Crippen molar-refractivity contribution < 1.29 is 13.9 Å². The maximum atomic E-state index is 13.9. The molecule has 3 rings (SSSR count). The number of hydrogen-bond donors (Lipinski definition) is 1. The summed E-state index contributed by atoms with van der Waals surface area (Å²) in [5.74, 6) is 0.827. The summed E-state index contributed by atoms with van der Waals surface area (Å²) in [6.07, 6.45) is 0. The van der Waals surface area contributed by atoms with Gasteiger partial charge in [-0.05, 0) is 48.2 Å². The molecular formula is C21H21ClFNO2S. The third-order valence-corrected chi connectivity index (χ3v) is 5.18. The summed E-state index contributed by atoms with van der Waals surface area (Å²) in [4.78, 5) is 1.29. The van der Waals surface area contributed by atoms with E-state index in [9.17, 15) is 4.39 Å². The fourth-order valence-electron chi connectivity index (χ4n) is 2.61. The Balaban J connectivity index is 1.65. The molecule has 0 aliphatic rings. The predicted molar refractivity (Wildman–Crippen MR) is 108 cm³/mol. The van der Waals surface area contributed by atoms with Crippen molar-refractivity contribution in [1.82, 2.24) is 5.32 Å². The molecule has 0 saturated carbocycles. The van der Waals surface area contributed by atoms with E-state index in [1.165, 1.54) is 10.9 Å². The van der Waals surface area contributed by atoms with Crippen LogP contribution in [0.15, 0.2) is 53.9 Å². The number of rotatable bonds is 9. The van der Waals surface area contributed by atoms with Gasteiger partial charge in [0.2, 0.25) is 0 Å². The molecule has 6 heteroatoms. The Bertz CT molecular complexity index is 850. The van der Waals surface area contributed by atoms with Gasteiger partial charge in [-0.25, -0.2) is 4.39 Å². The second-order valence-electron chi connectivity index (χ2n) is 5.89. The first-order valence-electron chi connectivity index (χ1n) is 8.72. The second kappa shape index (κ2) is 9.74. The van der Waals surface area contributed by atoms with Gasteiger partial charge >= 0.3 is 0 Å². The van der Waals surface area contributed by atoms with E-state index in [-0.39, 0.29) is 12.4 Å². The first-order valence-corrected chi connectivity index (χ1v) is 9.97. The van der Waals surface area contributed by atoms with Gasteiger partial charge in [0.1, 0.15) is 12.4 Å². The molecule has 0 bridgehead atoms. The van der Waals surface area contributed by atoms with Crippen molar-refractivity contribution in [1.29, 1.82) is 0 Å². The highest BCUT2D eigenvalue weighted by atomic mass is 35.5. The Morgan fingerprint density at radius 1 is 1.04 bits per heavy atom.